The summed E-state index contributed by atoms with van der Waals surface area (Å²) in [5.74, 6) is -0.753. The maximum Gasteiger partial charge on any atom is 0.336 e. The molecule has 5 atom stereocenters. The number of ether oxygens (including phenoxy) is 2. The summed E-state index contributed by atoms with van der Waals surface area (Å²) < 4.78 is 53.1. The summed E-state index contributed by atoms with van der Waals surface area (Å²) in [6.07, 6.45) is 6.69. The van der Waals surface area contributed by atoms with E-state index < -0.39 is 39.1 Å². The van der Waals surface area contributed by atoms with Crippen LogP contribution < -0.4 is 4.43 Å². The predicted molar refractivity (Wildman–Crippen MR) is 213 cm³/mol. The number of hydrogen-bond donors (Lipinski definition) is 1. The van der Waals surface area contributed by atoms with E-state index in [4.69, 9.17) is 13.9 Å². The molecule has 0 radical (unpaired) electrons. The van der Waals surface area contributed by atoms with Crippen LogP contribution in [-0.4, -0.2) is 52.0 Å². The second-order valence-electron chi connectivity index (χ2n) is 19.6. The van der Waals surface area contributed by atoms with Crippen molar-refractivity contribution >= 4 is 16.4 Å². The average molecular weight is 753 g/mol. The fourth-order valence-corrected chi connectivity index (χ4v) is 17.5. The Balaban J connectivity index is 1.44. The standard InChI is InChI=1S/C44H66F2O4Si2/c1-29(2)52(30(3)4,31(5)6)26-23-44(45,46)43(47)22-20-38-36-18-15-33-27-42(48-24-25-49-42)21-19-35(33)39(36)37(28-41(38,43)10)32-13-16-34(17-14-32)50-51(11,12)40(7,8)9/h13-14,16-17,27,29-31,36-38,47H,15,18-22,24-25,28H2,1-12H3. The topological polar surface area (TPSA) is 47.9 Å². The molecule has 4 nitrogen and oxygen atoms in total. The summed E-state index contributed by atoms with van der Waals surface area (Å²) >= 11 is 0. The smallest absolute Gasteiger partial charge is 0.336 e. The van der Waals surface area contributed by atoms with Crippen LogP contribution in [0.1, 0.15) is 126 Å². The van der Waals surface area contributed by atoms with Crippen molar-refractivity contribution in [2.45, 2.75) is 172 Å². The average Bonchev–Trinajstić information content (AvgIpc) is 3.61. The number of halogens is 2. The lowest BCUT2D eigenvalue weighted by atomic mass is 9.50. The van der Waals surface area contributed by atoms with Gasteiger partial charge in [-0.3, -0.25) is 0 Å². The minimum absolute atomic E-state index is 0.0520. The highest BCUT2D eigenvalue weighted by Crippen LogP contribution is 2.69. The van der Waals surface area contributed by atoms with Crippen LogP contribution in [0.15, 0.2) is 47.1 Å². The number of hydrogen-bond acceptors (Lipinski definition) is 4. The third kappa shape index (κ3) is 6.25. The van der Waals surface area contributed by atoms with Crippen LogP contribution >= 0.6 is 0 Å². The molecule has 5 aliphatic rings. The Morgan fingerprint density at radius 1 is 0.904 bits per heavy atom. The first-order valence-corrected chi connectivity index (χ1v) is 25.3. The minimum Gasteiger partial charge on any atom is -0.544 e. The summed E-state index contributed by atoms with van der Waals surface area (Å²) in [7, 11) is -4.50. The van der Waals surface area contributed by atoms with E-state index in [2.05, 4.69) is 117 Å². The Hall–Kier alpha value is -1.77. The van der Waals surface area contributed by atoms with Gasteiger partial charge >= 0.3 is 5.92 Å². The molecule has 1 N–H and O–H groups in total. The lowest BCUT2D eigenvalue weighted by molar-refractivity contribution is -0.209. The second-order valence-corrected chi connectivity index (χ2v) is 29.9. The number of allylic oxidation sites excluding steroid dienone is 3. The maximum atomic E-state index is 17.1. The van der Waals surface area contributed by atoms with Gasteiger partial charge in [0.25, 0.3) is 0 Å². The van der Waals surface area contributed by atoms with E-state index in [1.54, 1.807) is 0 Å². The van der Waals surface area contributed by atoms with Gasteiger partial charge in [0.2, 0.25) is 8.32 Å². The van der Waals surface area contributed by atoms with Gasteiger partial charge in [-0.2, -0.15) is 8.78 Å². The van der Waals surface area contributed by atoms with Gasteiger partial charge in [-0.25, -0.2) is 0 Å². The zero-order valence-electron chi connectivity index (χ0n) is 34.1. The predicted octanol–water partition coefficient (Wildman–Crippen LogP) is 11.7. The van der Waals surface area contributed by atoms with Crippen molar-refractivity contribution in [3.63, 3.8) is 0 Å². The quantitative estimate of drug-likeness (QED) is 0.223. The molecule has 8 heteroatoms. The Bertz CT molecular complexity index is 1610. The SMILES string of the molecule is CC(C)[Si](C#CC(F)(F)C1(O)CCC2C3CCC4=CC5(CCC4=C3C(c3ccc(O[Si](C)(C)C(C)(C)C)cc3)CC21C)OCCO5)(C(C)C)C(C)C. The molecule has 1 spiro atoms. The van der Waals surface area contributed by atoms with Crippen LogP contribution in [0.5, 0.6) is 5.75 Å². The third-order valence-corrected chi connectivity index (χ3v) is 25.8. The lowest BCUT2D eigenvalue weighted by Gasteiger charge is -2.55. The van der Waals surface area contributed by atoms with Gasteiger partial charge in [0.05, 0.1) is 13.2 Å². The van der Waals surface area contributed by atoms with E-state index in [1.165, 1.54) is 16.7 Å². The molecule has 1 saturated heterocycles. The molecule has 6 rings (SSSR count). The van der Waals surface area contributed by atoms with Gasteiger partial charge in [-0.1, -0.05) is 86.9 Å². The zero-order valence-corrected chi connectivity index (χ0v) is 36.1. The summed E-state index contributed by atoms with van der Waals surface area (Å²) in [5, 5.41) is 12.7. The molecule has 1 aliphatic heterocycles. The molecule has 3 fully saturated rings. The van der Waals surface area contributed by atoms with E-state index in [-0.39, 0.29) is 45.8 Å². The van der Waals surface area contributed by atoms with Crippen molar-refractivity contribution in [1.82, 2.24) is 0 Å². The van der Waals surface area contributed by atoms with Crippen molar-refractivity contribution < 1.29 is 27.8 Å². The molecule has 4 aliphatic carbocycles. The molecule has 5 unspecified atom stereocenters. The van der Waals surface area contributed by atoms with Crippen LogP contribution in [-0.2, 0) is 9.47 Å². The van der Waals surface area contributed by atoms with E-state index in [9.17, 15) is 5.11 Å². The molecule has 1 aromatic carbocycles. The van der Waals surface area contributed by atoms with Crippen LogP contribution in [0.2, 0.25) is 34.8 Å². The van der Waals surface area contributed by atoms with Gasteiger partial charge in [0.1, 0.15) is 19.4 Å². The third-order valence-electron chi connectivity index (χ3n) is 15.1. The van der Waals surface area contributed by atoms with Crippen LogP contribution in [0.3, 0.4) is 0 Å². The zero-order chi connectivity index (χ0) is 38.3. The largest absolute Gasteiger partial charge is 0.544 e. The normalized spacial score (nSPS) is 30.7. The van der Waals surface area contributed by atoms with Crippen LogP contribution in [0, 0.1) is 28.7 Å². The molecule has 1 aromatic rings. The molecule has 288 valence electrons. The number of fused-ring (bicyclic) bond motifs is 4. The van der Waals surface area contributed by atoms with E-state index >= 15 is 8.78 Å². The fraction of sp³-hybridized carbons (Fsp3) is 0.727. The van der Waals surface area contributed by atoms with Gasteiger partial charge in [-0.05, 0) is 126 Å². The highest BCUT2D eigenvalue weighted by molar-refractivity contribution is 6.90. The molecule has 0 aromatic heterocycles. The molecular formula is C44H66F2O4Si2. The Kier molecular flexibility index (Phi) is 10.3. The van der Waals surface area contributed by atoms with Gasteiger partial charge in [-0.15, -0.1) is 5.54 Å². The van der Waals surface area contributed by atoms with Crippen molar-refractivity contribution in [2.75, 3.05) is 13.2 Å². The summed E-state index contributed by atoms with van der Waals surface area (Å²) in [6, 6.07) is 8.48. The van der Waals surface area contributed by atoms with Crippen molar-refractivity contribution in [3.05, 3.63) is 52.6 Å². The molecule has 0 bridgehead atoms. The fourth-order valence-electron chi connectivity index (χ4n) is 11.2. The monoisotopic (exact) mass is 752 g/mol. The Morgan fingerprint density at radius 2 is 1.50 bits per heavy atom. The highest BCUT2D eigenvalue weighted by Gasteiger charge is 2.71. The lowest BCUT2D eigenvalue weighted by Crippen LogP contribution is -2.60. The highest BCUT2D eigenvalue weighted by atomic mass is 28.4. The van der Waals surface area contributed by atoms with Crippen LogP contribution in [0.25, 0.3) is 0 Å². The summed E-state index contributed by atoms with van der Waals surface area (Å²) in [5.41, 5.74) is 5.94. The minimum atomic E-state index is -3.53. The first kappa shape index (κ1) is 39.9. The number of benzene rings is 1. The first-order valence-electron chi connectivity index (χ1n) is 20.2. The van der Waals surface area contributed by atoms with Gasteiger partial charge in [0, 0.05) is 17.8 Å². The van der Waals surface area contributed by atoms with E-state index in [1.807, 2.05) is 6.92 Å². The second kappa shape index (κ2) is 13.5. The number of alkyl halides is 2. The number of rotatable bonds is 7. The molecule has 2 saturated carbocycles. The summed E-state index contributed by atoms with van der Waals surface area (Å²) in [4.78, 5) is 0. The van der Waals surface area contributed by atoms with E-state index in [0.29, 0.717) is 26.1 Å². The molecule has 52 heavy (non-hydrogen) atoms. The Labute approximate surface area is 315 Å². The van der Waals surface area contributed by atoms with Crippen molar-refractivity contribution in [1.29, 1.82) is 0 Å². The van der Waals surface area contributed by atoms with Crippen molar-refractivity contribution in [3.8, 4) is 17.2 Å². The maximum absolute atomic E-state index is 17.1. The summed E-state index contributed by atoms with van der Waals surface area (Å²) in [6.45, 7) is 27.3. The van der Waals surface area contributed by atoms with Crippen LogP contribution in [0.4, 0.5) is 8.78 Å². The molecule has 1 heterocycles. The molecule has 0 amide bonds. The first-order chi connectivity index (χ1) is 24.0. The van der Waals surface area contributed by atoms with Crippen molar-refractivity contribution in [2.24, 2.45) is 17.3 Å². The van der Waals surface area contributed by atoms with E-state index in [0.717, 1.165) is 37.0 Å². The van der Waals surface area contributed by atoms with Gasteiger partial charge < -0.3 is 19.0 Å². The number of aliphatic hydroxyl groups is 1. The van der Waals surface area contributed by atoms with Gasteiger partial charge in [0.15, 0.2) is 5.79 Å². The molecular weight excluding hydrogens is 687 g/mol. The Morgan fingerprint density at radius 3 is 2.06 bits per heavy atom.